The molecule has 3 aromatic rings. The molecule has 3 rings (SSSR count). The smallest absolute Gasteiger partial charge is 0.350 e. The fourth-order valence-corrected chi connectivity index (χ4v) is 3.58. The van der Waals surface area contributed by atoms with E-state index in [2.05, 4.69) is 12.0 Å². The van der Waals surface area contributed by atoms with E-state index in [1.54, 1.807) is 31.7 Å². The van der Waals surface area contributed by atoms with Gasteiger partial charge in [-0.05, 0) is 75.4 Å². The summed E-state index contributed by atoms with van der Waals surface area (Å²) in [6, 6.07) is 11.7. The molecule has 7 heteroatoms. The molecule has 170 valence electrons. The van der Waals surface area contributed by atoms with Gasteiger partial charge in [0.15, 0.2) is 5.60 Å². The molecule has 0 saturated heterocycles. The highest BCUT2D eigenvalue weighted by Gasteiger charge is 2.32. The number of benzene rings is 2. The Kier molecular flexibility index (Phi) is 6.87. The fourth-order valence-electron chi connectivity index (χ4n) is 3.58. The lowest BCUT2D eigenvalue weighted by Crippen LogP contribution is -2.40. The number of hydrogen-bond donors (Lipinski definition) is 0. The Hall–Kier alpha value is -3.35. The van der Waals surface area contributed by atoms with Crippen LogP contribution in [0.1, 0.15) is 49.9 Å². The second-order valence-corrected chi connectivity index (χ2v) is 8.36. The predicted octanol–water partition coefficient (Wildman–Crippen LogP) is 3.98. The number of nitrogens with zero attached hydrogens (tertiary/aromatic N) is 3. The summed E-state index contributed by atoms with van der Waals surface area (Å²) >= 11 is 0. The van der Waals surface area contributed by atoms with E-state index in [1.165, 1.54) is 10.2 Å². The van der Waals surface area contributed by atoms with Gasteiger partial charge in [0, 0.05) is 0 Å². The van der Waals surface area contributed by atoms with Crippen LogP contribution in [0.5, 0.6) is 5.75 Å². The molecular weight excluding hydrogens is 406 g/mol. The van der Waals surface area contributed by atoms with Crippen LogP contribution in [0, 0.1) is 13.8 Å². The van der Waals surface area contributed by atoms with Crippen LogP contribution >= 0.6 is 0 Å². The van der Waals surface area contributed by atoms with Crippen LogP contribution in [0.25, 0.3) is 5.69 Å². The quantitative estimate of drug-likeness (QED) is 0.498. The molecule has 0 bridgehead atoms. The van der Waals surface area contributed by atoms with Crippen LogP contribution in [0.3, 0.4) is 0 Å². The first kappa shape index (κ1) is 23.3. The Morgan fingerprint density at radius 1 is 1.03 bits per heavy atom. The number of rotatable bonds is 8. The standard InChI is InChI=1S/C25H31N3O4/c1-7-19-9-11-21(12-10-19)28-24(30)27(16-26-28)15-20-13-17(3)22(18(4)14-20)32-25(5,6)23(29)31-8-2/h9-14,16H,7-8,15H2,1-6H3. The number of ether oxygens (including phenoxy) is 2. The number of aryl methyl sites for hydroxylation is 3. The Morgan fingerprint density at radius 2 is 1.66 bits per heavy atom. The third-order valence-electron chi connectivity index (χ3n) is 5.32. The molecule has 0 N–H and O–H groups in total. The van der Waals surface area contributed by atoms with Crippen molar-refractivity contribution in [1.82, 2.24) is 14.3 Å². The molecule has 0 amide bonds. The van der Waals surface area contributed by atoms with Gasteiger partial charge in [0.25, 0.3) is 0 Å². The first-order valence-electron chi connectivity index (χ1n) is 10.9. The van der Waals surface area contributed by atoms with Gasteiger partial charge in [-0.25, -0.2) is 9.59 Å². The molecule has 0 aliphatic rings. The second-order valence-electron chi connectivity index (χ2n) is 8.36. The topological polar surface area (TPSA) is 75.3 Å². The first-order chi connectivity index (χ1) is 15.2. The maximum Gasteiger partial charge on any atom is 0.350 e. The minimum absolute atomic E-state index is 0.201. The largest absolute Gasteiger partial charge is 0.476 e. The second kappa shape index (κ2) is 9.42. The molecule has 0 aliphatic heterocycles. The zero-order chi connectivity index (χ0) is 23.5. The van der Waals surface area contributed by atoms with Gasteiger partial charge in [-0.3, -0.25) is 4.57 Å². The first-order valence-corrected chi connectivity index (χ1v) is 10.9. The van der Waals surface area contributed by atoms with Crippen molar-refractivity contribution in [3.8, 4) is 11.4 Å². The highest BCUT2D eigenvalue weighted by atomic mass is 16.6. The molecule has 7 nitrogen and oxygen atoms in total. The van der Waals surface area contributed by atoms with Crippen LogP contribution in [-0.4, -0.2) is 32.5 Å². The van der Waals surface area contributed by atoms with E-state index in [1.807, 2.05) is 50.2 Å². The lowest BCUT2D eigenvalue weighted by molar-refractivity contribution is -0.158. The molecule has 0 fully saturated rings. The zero-order valence-electron chi connectivity index (χ0n) is 19.6. The number of esters is 1. The third kappa shape index (κ3) is 4.93. The molecule has 0 spiro atoms. The Morgan fingerprint density at radius 3 is 2.22 bits per heavy atom. The van der Waals surface area contributed by atoms with Crippen molar-refractivity contribution >= 4 is 5.97 Å². The number of carbonyl (C=O) groups is 1. The summed E-state index contributed by atoms with van der Waals surface area (Å²) in [6.07, 6.45) is 2.49. The third-order valence-corrected chi connectivity index (χ3v) is 5.32. The van der Waals surface area contributed by atoms with E-state index in [4.69, 9.17) is 9.47 Å². The summed E-state index contributed by atoms with van der Waals surface area (Å²) in [4.78, 5) is 25.1. The summed E-state index contributed by atoms with van der Waals surface area (Å²) in [5.41, 5.74) is 3.36. The van der Waals surface area contributed by atoms with Gasteiger partial charge in [0.2, 0.25) is 0 Å². The molecular formula is C25H31N3O4. The lowest BCUT2D eigenvalue weighted by Gasteiger charge is -2.26. The number of hydrogen-bond acceptors (Lipinski definition) is 5. The fraction of sp³-hybridized carbons (Fsp3) is 0.400. The molecule has 0 radical (unpaired) electrons. The van der Waals surface area contributed by atoms with Crippen molar-refractivity contribution in [2.75, 3.05) is 6.61 Å². The average Bonchev–Trinajstić information content (AvgIpc) is 3.11. The molecule has 1 heterocycles. The van der Waals surface area contributed by atoms with Crippen molar-refractivity contribution in [2.45, 2.75) is 60.1 Å². The Labute approximate surface area is 188 Å². The van der Waals surface area contributed by atoms with Crippen LogP contribution in [-0.2, 0) is 22.5 Å². The Bertz CT molecular complexity index is 1130. The maximum absolute atomic E-state index is 12.9. The highest BCUT2D eigenvalue weighted by molar-refractivity contribution is 5.79. The van der Waals surface area contributed by atoms with Crippen molar-refractivity contribution in [1.29, 1.82) is 0 Å². The number of carbonyl (C=O) groups excluding carboxylic acids is 1. The van der Waals surface area contributed by atoms with Gasteiger partial charge >= 0.3 is 11.7 Å². The molecule has 32 heavy (non-hydrogen) atoms. The van der Waals surface area contributed by atoms with E-state index in [9.17, 15) is 9.59 Å². The average molecular weight is 438 g/mol. The van der Waals surface area contributed by atoms with Crippen LogP contribution < -0.4 is 10.4 Å². The van der Waals surface area contributed by atoms with E-state index >= 15 is 0 Å². The molecule has 0 aliphatic carbocycles. The summed E-state index contributed by atoms with van der Waals surface area (Å²) in [5.74, 6) is 0.236. The Balaban J connectivity index is 1.83. The normalized spacial score (nSPS) is 11.4. The molecule has 0 atom stereocenters. The van der Waals surface area contributed by atoms with Crippen LogP contribution in [0.2, 0.25) is 0 Å². The van der Waals surface area contributed by atoms with Crippen LogP contribution in [0.15, 0.2) is 47.5 Å². The van der Waals surface area contributed by atoms with E-state index in [-0.39, 0.29) is 5.69 Å². The minimum atomic E-state index is -1.10. The minimum Gasteiger partial charge on any atom is -0.476 e. The number of aromatic nitrogens is 3. The monoisotopic (exact) mass is 437 g/mol. The van der Waals surface area contributed by atoms with Crippen molar-refractivity contribution < 1.29 is 14.3 Å². The molecule has 0 saturated carbocycles. The summed E-state index contributed by atoms with van der Waals surface area (Å²) < 4.78 is 14.1. The van der Waals surface area contributed by atoms with Crippen LogP contribution in [0.4, 0.5) is 0 Å². The van der Waals surface area contributed by atoms with Gasteiger partial charge in [-0.1, -0.05) is 31.2 Å². The van der Waals surface area contributed by atoms with Crippen molar-refractivity contribution in [3.05, 3.63) is 75.5 Å². The van der Waals surface area contributed by atoms with Gasteiger partial charge in [-0.2, -0.15) is 9.78 Å². The SMILES string of the molecule is CCOC(=O)C(C)(C)Oc1c(C)cc(Cn2cnn(-c3ccc(CC)cc3)c2=O)cc1C. The van der Waals surface area contributed by atoms with Gasteiger partial charge in [0.1, 0.15) is 12.1 Å². The molecule has 0 unspecified atom stereocenters. The predicted molar refractivity (Wildman–Crippen MR) is 124 cm³/mol. The van der Waals surface area contributed by atoms with Gasteiger partial charge in [-0.15, -0.1) is 0 Å². The van der Waals surface area contributed by atoms with E-state index in [0.717, 1.165) is 28.8 Å². The lowest BCUT2D eigenvalue weighted by atomic mass is 10.0. The highest BCUT2D eigenvalue weighted by Crippen LogP contribution is 2.29. The maximum atomic E-state index is 12.9. The summed E-state index contributed by atoms with van der Waals surface area (Å²) in [5, 5.41) is 4.28. The van der Waals surface area contributed by atoms with Crippen molar-refractivity contribution in [3.63, 3.8) is 0 Å². The van der Waals surface area contributed by atoms with E-state index in [0.29, 0.717) is 18.9 Å². The summed E-state index contributed by atoms with van der Waals surface area (Å²) in [7, 11) is 0. The summed E-state index contributed by atoms with van der Waals surface area (Å²) in [6.45, 7) is 11.8. The molecule has 1 aromatic heterocycles. The molecule has 2 aromatic carbocycles. The zero-order valence-corrected chi connectivity index (χ0v) is 19.6. The van der Waals surface area contributed by atoms with Crippen molar-refractivity contribution in [2.24, 2.45) is 0 Å². The van der Waals surface area contributed by atoms with Gasteiger partial charge < -0.3 is 9.47 Å². The van der Waals surface area contributed by atoms with Gasteiger partial charge in [0.05, 0.1) is 18.8 Å². The van der Waals surface area contributed by atoms with E-state index < -0.39 is 11.6 Å².